The molecule has 0 bridgehead atoms. The predicted octanol–water partition coefficient (Wildman–Crippen LogP) is 3.86. The molecule has 7 heteroatoms. The molecule has 1 atom stereocenters. The third-order valence-electron chi connectivity index (χ3n) is 5.43. The molecule has 1 aliphatic heterocycles. The Balaban J connectivity index is 1.35. The lowest BCUT2D eigenvalue weighted by molar-refractivity contribution is -0.132. The second-order valence-corrected chi connectivity index (χ2v) is 8.57. The lowest BCUT2D eigenvalue weighted by Crippen LogP contribution is -2.54. The first-order valence-electron chi connectivity index (χ1n) is 10.1. The molecule has 5 nitrogen and oxygen atoms in total. The molecule has 1 unspecified atom stereocenters. The van der Waals surface area contributed by atoms with Crippen molar-refractivity contribution in [1.29, 1.82) is 0 Å². The fraction of sp³-hybridized carbons (Fsp3) is 0.348. The predicted molar refractivity (Wildman–Crippen MR) is 117 cm³/mol. The monoisotopic (exact) mass is 424 g/mol. The minimum atomic E-state index is -0.285. The van der Waals surface area contributed by atoms with Crippen LogP contribution in [0.4, 0.5) is 9.52 Å². The summed E-state index contributed by atoms with van der Waals surface area (Å²) in [4.78, 5) is 21.6. The minimum absolute atomic E-state index is 0.0751. The summed E-state index contributed by atoms with van der Waals surface area (Å²) in [5, 5.41) is 0.912. The smallest absolute Gasteiger partial charge is 0.227 e. The van der Waals surface area contributed by atoms with Crippen LogP contribution in [-0.4, -0.2) is 45.8 Å². The van der Waals surface area contributed by atoms with Crippen molar-refractivity contribution in [3.05, 3.63) is 76.9 Å². The summed E-state index contributed by atoms with van der Waals surface area (Å²) in [6.45, 7) is 6.25. The molecule has 1 aromatic heterocycles. The topological polar surface area (TPSA) is 49.3 Å². The number of carbonyl (C=O) groups excluding carboxylic acids is 1. The van der Waals surface area contributed by atoms with E-state index in [0.717, 1.165) is 36.0 Å². The van der Waals surface area contributed by atoms with Crippen molar-refractivity contribution in [2.75, 3.05) is 24.5 Å². The SMILES string of the molecule is Cc1ccc(Cc2nsc(N3CCN(C(=O)Cc4ccc(F)cc4)C(C)C3)n2)cc1. The van der Waals surface area contributed by atoms with Crippen LogP contribution in [-0.2, 0) is 17.6 Å². The molecule has 2 heterocycles. The van der Waals surface area contributed by atoms with Crippen LogP contribution in [0, 0.1) is 12.7 Å². The molecule has 1 amide bonds. The van der Waals surface area contributed by atoms with Gasteiger partial charge in [0.2, 0.25) is 11.0 Å². The molecule has 0 radical (unpaired) electrons. The van der Waals surface area contributed by atoms with Gasteiger partial charge in [-0.1, -0.05) is 42.0 Å². The van der Waals surface area contributed by atoms with Crippen LogP contribution in [0.5, 0.6) is 0 Å². The zero-order valence-electron chi connectivity index (χ0n) is 17.2. The van der Waals surface area contributed by atoms with Crippen molar-refractivity contribution in [1.82, 2.24) is 14.3 Å². The van der Waals surface area contributed by atoms with E-state index in [1.54, 1.807) is 12.1 Å². The van der Waals surface area contributed by atoms with Crippen molar-refractivity contribution in [3.8, 4) is 0 Å². The minimum Gasteiger partial charge on any atom is -0.343 e. The molecule has 1 aliphatic rings. The van der Waals surface area contributed by atoms with Crippen LogP contribution in [0.25, 0.3) is 0 Å². The van der Waals surface area contributed by atoms with Crippen molar-refractivity contribution in [2.24, 2.45) is 0 Å². The number of carbonyl (C=O) groups is 1. The maximum absolute atomic E-state index is 13.1. The third-order valence-corrected chi connectivity index (χ3v) is 6.24. The van der Waals surface area contributed by atoms with Crippen molar-refractivity contribution >= 4 is 22.6 Å². The molecule has 0 saturated carbocycles. The standard InChI is InChI=1S/C23H25FN4OS/c1-16-3-5-18(6-4-16)13-21-25-23(30-26-21)27-11-12-28(17(2)15-27)22(29)14-19-7-9-20(24)10-8-19/h3-10,17H,11-15H2,1-2H3. The normalized spacial score (nSPS) is 16.7. The van der Waals surface area contributed by atoms with E-state index in [0.29, 0.717) is 13.0 Å². The van der Waals surface area contributed by atoms with E-state index in [-0.39, 0.29) is 17.8 Å². The number of rotatable bonds is 5. The number of amides is 1. The zero-order valence-corrected chi connectivity index (χ0v) is 18.0. The first kappa shape index (κ1) is 20.5. The molecule has 0 N–H and O–H groups in total. The highest BCUT2D eigenvalue weighted by Gasteiger charge is 2.29. The highest BCUT2D eigenvalue weighted by Crippen LogP contribution is 2.23. The molecule has 0 aliphatic carbocycles. The van der Waals surface area contributed by atoms with Crippen LogP contribution < -0.4 is 4.90 Å². The molecular formula is C23H25FN4OS. The first-order chi connectivity index (χ1) is 14.5. The fourth-order valence-corrected chi connectivity index (χ4v) is 4.43. The number of hydrogen-bond donors (Lipinski definition) is 0. The van der Waals surface area contributed by atoms with Gasteiger partial charge < -0.3 is 9.80 Å². The summed E-state index contributed by atoms with van der Waals surface area (Å²) >= 11 is 1.42. The van der Waals surface area contributed by atoms with Gasteiger partial charge in [-0.25, -0.2) is 9.37 Å². The van der Waals surface area contributed by atoms with Crippen LogP contribution in [0.1, 0.15) is 29.4 Å². The Morgan fingerprint density at radius 3 is 2.50 bits per heavy atom. The van der Waals surface area contributed by atoms with E-state index >= 15 is 0 Å². The fourth-order valence-electron chi connectivity index (χ4n) is 3.71. The zero-order chi connectivity index (χ0) is 21.1. The summed E-state index contributed by atoms with van der Waals surface area (Å²) in [6.07, 6.45) is 1.02. The number of piperazine rings is 1. The highest BCUT2D eigenvalue weighted by molar-refractivity contribution is 7.09. The molecule has 1 saturated heterocycles. The van der Waals surface area contributed by atoms with Crippen molar-refractivity contribution < 1.29 is 9.18 Å². The lowest BCUT2D eigenvalue weighted by atomic mass is 10.1. The number of aryl methyl sites for hydroxylation is 1. The van der Waals surface area contributed by atoms with Crippen LogP contribution in [0.3, 0.4) is 0 Å². The second kappa shape index (κ2) is 8.92. The van der Waals surface area contributed by atoms with Gasteiger partial charge in [-0.15, -0.1) is 0 Å². The maximum Gasteiger partial charge on any atom is 0.227 e. The van der Waals surface area contributed by atoms with Gasteiger partial charge in [-0.3, -0.25) is 4.79 Å². The van der Waals surface area contributed by atoms with Crippen LogP contribution in [0.15, 0.2) is 48.5 Å². The van der Waals surface area contributed by atoms with Gasteiger partial charge in [-0.2, -0.15) is 4.37 Å². The van der Waals surface area contributed by atoms with Gasteiger partial charge in [0, 0.05) is 43.6 Å². The van der Waals surface area contributed by atoms with Gasteiger partial charge in [0.05, 0.1) is 6.42 Å². The van der Waals surface area contributed by atoms with Crippen molar-refractivity contribution in [2.45, 2.75) is 32.7 Å². The number of benzene rings is 2. The number of halogens is 1. The van der Waals surface area contributed by atoms with Crippen molar-refractivity contribution in [3.63, 3.8) is 0 Å². The van der Waals surface area contributed by atoms with Crippen LogP contribution >= 0.6 is 11.5 Å². The number of nitrogens with zero attached hydrogens (tertiary/aromatic N) is 4. The Bertz CT molecular complexity index is 1000. The Kier molecular flexibility index (Phi) is 6.08. The van der Waals surface area contributed by atoms with E-state index in [1.807, 2.05) is 4.90 Å². The largest absolute Gasteiger partial charge is 0.343 e. The van der Waals surface area contributed by atoms with E-state index in [9.17, 15) is 9.18 Å². The van der Waals surface area contributed by atoms with E-state index in [2.05, 4.69) is 47.4 Å². The van der Waals surface area contributed by atoms with E-state index in [4.69, 9.17) is 4.98 Å². The maximum atomic E-state index is 13.1. The Morgan fingerprint density at radius 2 is 1.80 bits per heavy atom. The first-order valence-corrected chi connectivity index (χ1v) is 10.9. The average Bonchev–Trinajstić information content (AvgIpc) is 3.20. The molecular weight excluding hydrogens is 399 g/mol. The van der Waals surface area contributed by atoms with Crippen LogP contribution in [0.2, 0.25) is 0 Å². The number of hydrogen-bond acceptors (Lipinski definition) is 5. The average molecular weight is 425 g/mol. The second-order valence-electron chi connectivity index (χ2n) is 7.84. The molecule has 0 spiro atoms. The van der Waals surface area contributed by atoms with Gasteiger partial charge in [0.15, 0.2) is 0 Å². The summed E-state index contributed by atoms with van der Waals surface area (Å²) < 4.78 is 17.6. The Morgan fingerprint density at radius 1 is 1.10 bits per heavy atom. The summed E-state index contributed by atoms with van der Waals surface area (Å²) in [7, 11) is 0. The Labute approximate surface area is 180 Å². The number of anilines is 1. The number of aromatic nitrogens is 2. The Hall–Kier alpha value is -2.80. The molecule has 1 fully saturated rings. The summed E-state index contributed by atoms with van der Waals surface area (Å²) in [6, 6.07) is 14.7. The highest BCUT2D eigenvalue weighted by atomic mass is 32.1. The summed E-state index contributed by atoms with van der Waals surface area (Å²) in [5.41, 5.74) is 3.28. The molecule has 3 aromatic rings. The van der Waals surface area contributed by atoms with Gasteiger partial charge in [0.1, 0.15) is 11.6 Å². The van der Waals surface area contributed by atoms with Gasteiger partial charge >= 0.3 is 0 Å². The molecule has 4 rings (SSSR count). The molecule has 30 heavy (non-hydrogen) atoms. The molecule has 2 aromatic carbocycles. The summed E-state index contributed by atoms with van der Waals surface area (Å²) in [5.74, 6) is 0.624. The lowest BCUT2D eigenvalue weighted by Gasteiger charge is -2.39. The third kappa shape index (κ3) is 4.84. The quantitative estimate of drug-likeness (QED) is 0.624. The van der Waals surface area contributed by atoms with E-state index < -0.39 is 0 Å². The van der Waals surface area contributed by atoms with Gasteiger partial charge in [-0.05, 0) is 37.1 Å². The van der Waals surface area contributed by atoms with E-state index in [1.165, 1.54) is 34.8 Å². The van der Waals surface area contributed by atoms with Gasteiger partial charge in [0.25, 0.3) is 0 Å². The molecule has 156 valence electrons.